The molecule has 3 unspecified atom stereocenters. The molecule has 1 saturated carbocycles. The van der Waals surface area contributed by atoms with Gasteiger partial charge in [0.15, 0.2) is 9.84 Å². The summed E-state index contributed by atoms with van der Waals surface area (Å²) in [5.41, 5.74) is -1.73. The Labute approximate surface area is 124 Å². The first kappa shape index (κ1) is 16.1. The van der Waals surface area contributed by atoms with Gasteiger partial charge in [0, 0.05) is 6.04 Å². The average Bonchev–Trinajstić information content (AvgIpc) is 2.81. The van der Waals surface area contributed by atoms with Crippen LogP contribution in [0.2, 0.25) is 0 Å². The standard InChI is InChI=1S/C13H22N2O5S/c1-12(6-7-21(19,20)8-12)15-11(18)14-9-4-3-5-13(9,2)10(16)17/h9H,3-8H2,1-2H3,(H,16,17)(H2,14,15,18). The molecule has 1 aliphatic heterocycles. The predicted octanol–water partition coefficient (Wildman–Crippen LogP) is 0.506. The van der Waals surface area contributed by atoms with Crippen molar-refractivity contribution in [2.75, 3.05) is 11.5 Å². The highest BCUT2D eigenvalue weighted by atomic mass is 32.2. The number of sulfone groups is 1. The third-order valence-corrected chi connectivity index (χ3v) is 6.57. The zero-order valence-electron chi connectivity index (χ0n) is 12.3. The van der Waals surface area contributed by atoms with Crippen molar-refractivity contribution in [1.29, 1.82) is 0 Å². The van der Waals surface area contributed by atoms with Crippen LogP contribution in [0.1, 0.15) is 39.5 Å². The number of amides is 2. The van der Waals surface area contributed by atoms with E-state index in [1.165, 1.54) is 0 Å². The number of hydrogen-bond acceptors (Lipinski definition) is 4. The fraction of sp³-hybridized carbons (Fsp3) is 0.846. The average molecular weight is 318 g/mol. The molecule has 3 N–H and O–H groups in total. The number of urea groups is 1. The maximum atomic E-state index is 12.1. The summed E-state index contributed by atoms with van der Waals surface area (Å²) in [5, 5.41) is 14.7. The number of nitrogens with one attached hydrogen (secondary N) is 2. The van der Waals surface area contributed by atoms with Crippen molar-refractivity contribution < 1.29 is 23.1 Å². The van der Waals surface area contributed by atoms with Crippen molar-refractivity contribution >= 4 is 21.8 Å². The van der Waals surface area contributed by atoms with Crippen LogP contribution in [0.3, 0.4) is 0 Å². The fourth-order valence-electron chi connectivity index (χ4n) is 3.23. The maximum absolute atomic E-state index is 12.1. The Morgan fingerprint density at radius 3 is 2.43 bits per heavy atom. The molecule has 0 bridgehead atoms. The maximum Gasteiger partial charge on any atom is 0.315 e. The summed E-state index contributed by atoms with van der Waals surface area (Å²) >= 11 is 0. The Balaban J connectivity index is 1.98. The van der Waals surface area contributed by atoms with Gasteiger partial charge in [0.2, 0.25) is 0 Å². The molecule has 2 amide bonds. The minimum Gasteiger partial charge on any atom is -0.481 e. The van der Waals surface area contributed by atoms with Crippen LogP contribution < -0.4 is 10.6 Å². The number of carbonyl (C=O) groups is 2. The second kappa shape index (κ2) is 5.15. The Hall–Kier alpha value is -1.31. The van der Waals surface area contributed by atoms with E-state index in [0.29, 0.717) is 19.3 Å². The van der Waals surface area contributed by atoms with Gasteiger partial charge in [0.25, 0.3) is 0 Å². The number of hydrogen-bond donors (Lipinski definition) is 3. The molecule has 2 rings (SSSR count). The van der Waals surface area contributed by atoms with Crippen molar-refractivity contribution in [3.8, 4) is 0 Å². The van der Waals surface area contributed by atoms with Crippen molar-refractivity contribution in [3.05, 3.63) is 0 Å². The summed E-state index contributed by atoms with van der Waals surface area (Å²) < 4.78 is 23.0. The van der Waals surface area contributed by atoms with Gasteiger partial charge in [0.1, 0.15) is 0 Å². The van der Waals surface area contributed by atoms with Crippen LogP contribution >= 0.6 is 0 Å². The summed E-state index contributed by atoms with van der Waals surface area (Å²) in [6.45, 7) is 3.33. The number of aliphatic carboxylic acids is 1. The lowest BCUT2D eigenvalue weighted by Gasteiger charge is -2.30. The van der Waals surface area contributed by atoms with Gasteiger partial charge in [0.05, 0.1) is 22.5 Å². The van der Waals surface area contributed by atoms with Gasteiger partial charge >= 0.3 is 12.0 Å². The first-order valence-corrected chi connectivity index (χ1v) is 8.91. The number of carboxylic acid groups (broad SMARTS) is 1. The molecule has 3 atom stereocenters. The number of carboxylic acids is 1. The topological polar surface area (TPSA) is 113 Å². The molecule has 1 heterocycles. The molecule has 0 aromatic rings. The summed E-state index contributed by atoms with van der Waals surface area (Å²) in [5.74, 6) is -0.922. The van der Waals surface area contributed by atoms with Gasteiger partial charge in [-0.15, -0.1) is 0 Å². The molecule has 1 saturated heterocycles. The van der Waals surface area contributed by atoms with Crippen LogP contribution in [0, 0.1) is 5.41 Å². The highest BCUT2D eigenvalue weighted by Gasteiger charge is 2.47. The third-order valence-electron chi connectivity index (χ3n) is 4.67. The SMILES string of the molecule is CC1(NC(=O)NC2CCCC2(C)C(=O)O)CCS(=O)(=O)C1. The van der Waals surface area contributed by atoms with E-state index in [2.05, 4.69) is 10.6 Å². The molecule has 0 aromatic carbocycles. The summed E-state index contributed by atoms with van der Waals surface area (Å²) in [6.07, 6.45) is 2.27. The van der Waals surface area contributed by atoms with Gasteiger partial charge in [-0.25, -0.2) is 13.2 Å². The molecule has 0 aromatic heterocycles. The third kappa shape index (κ3) is 3.30. The van der Waals surface area contributed by atoms with Gasteiger partial charge in [-0.2, -0.15) is 0 Å². The monoisotopic (exact) mass is 318 g/mol. The minimum absolute atomic E-state index is 0.0695. The first-order chi connectivity index (χ1) is 9.56. The van der Waals surface area contributed by atoms with Crippen LogP contribution in [-0.4, -0.2) is 48.6 Å². The lowest BCUT2D eigenvalue weighted by atomic mass is 9.85. The Kier molecular flexibility index (Phi) is 3.94. The van der Waals surface area contributed by atoms with Gasteiger partial charge < -0.3 is 15.7 Å². The second-order valence-corrected chi connectivity index (χ2v) is 8.85. The molecule has 1 aliphatic carbocycles. The Bertz CT molecular complexity index is 561. The van der Waals surface area contributed by atoms with E-state index in [4.69, 9.17) is 0 Å². The number of rotatable bonds is 3. The van der Waals surface area contributed by atoms with E-state index >= 15 is 0 Å². The van der Waals surface area contributed by atoms with Gasteiger partial charge in [-0.05, 0) is 33.1 Å². The quantitative estimate of drug-likeness (QED) is 0.701. The van der Waals surface area contributed by atoms with Crippen molar-refractivity contribution in [2.45, 2.75) is 51.1 Å². The smallest absolute Gasteiger partial charge is 0.315 e. The molecule has 21 heavy (non-hydrogen) atoms. The summed E-state index contributed by atoms with van der Waals surface area (Å²) in [4.78, 5) is 23.4. The van der Waals surface area contributed by atoms with Crippen LogP contribution in [0.15, 0.2) is 0 Å². The van der Waals surface area contributed by atoms with E-state index in [0.717, 1.165) is 6.42 Å². The summed E-state index contributed by atoms with van der Waals surface area (Å²) in [7, 11) is -3.10. The zero-order valence-corrected chi connectivity index (χ0v) is 13.1. The van der Waals surface area contributed by atoms with Crippen LogP contribution in [0.4, 0.5) is 4.79 Å². The number of carbonyl (C=O) groups excluding carboxylic acids is 1. The molecule has 8 heteroatoms. The van der Waals surface area contributed by atoms with Crippen LogP contribution in [-0.2, 0) is 14.6 Å². The molecule has 2 aliphatic rings. The highest BCUT2D eigenvalue weighted by Crippen LogP contribution is 2.38. The van der Waals surface area contributed by atoms with Crippen molar-refractivity contribution in [2.24, 2.45) is 5.41 Å². The predicted molar refractivity (Wildman–Crippen MR) is 76.7 cm³/mol. The largest absolute Gasteiger partial charge is 0.481 e. The van der Waals surface area contributed by atoms with Gasteiger partial charge in [-0.1, -0.05) is 6.42 Å². The fourth-order valence-corrected chi connectivity index (χ4v) is 5.32. The van der Waals surface area contributed by atoms with E-state index in [9.17, 15) is 23.1 Å². The van der Waals surface area contributed by atoms with Crippen molar-refractivity contribution in [3.63, 3.8) is 0 Å². The van der Waals surface area contributed by atoms with E-state index in [1.807, 2.05) is 0 Å². The second-order valence-electron chi connectivity index (χ2n) is 6.67. The van der Waals surface area contributed by atoms with Crippen LogP contribution in [0.25, 0.3) is 0 Å². The normalized spacial score (nSPS) is 38.1. The van der Waals surface area contributed by atoms with E-state index < -0.39 is 38.8 Å². The van der Waals surface area contributed by atoms with E-state index in [1.54, 1.807) is 13.8 Å². The van der Waals surface area contributed by atoms with Crippen molar-refractivity contribution in [1.82, 2.24) is 10.6 Å². The van der Waals surface area contributed by atoms with Crippen LogP contribution in [0.5, 0.6) is 0 Å². The minimum atomic E-state index is -3.10. The lowest BCUT2D eigenvalue weighted by Crippen LogP contribution is -2.56. The Morgan fingerprint density at radius 1 is 1.24 bits per heavy atom. The molecule has 120 valence electrons. The summed E-state index contributed by atoms with van der Waals surface area (Å²) in [6, 6.07) is -0.925. The zero-order chi connectivity index (χ0) is 15.9. The van der Waals surface area contributed by atoms with Gasteiger partial charge in [-0.3, -0.25) is 4.79 Å². The molecule has 0 spiro atoms. The molecule has 0 radical (unpaired) electrons. The first-order valence-electron chi connectivity index (χ1n) is 7.09. The molecule has 7 nitrogen and oxygen atoms in total. The van der Waals surface area contributed by atoms with E-state index in [-0.39, 0.29) is 11.5 Å². The molecular weight excluding hydrogens is 296 g/mol. The molecule has 2 fully saturated rings. The molecular formula is C13H22N2O5S. The highest BCUT2D eigenvalue weighted by molar-refractivity contribution is 7.91. The lowest BCUT2D eigenvalue weighted by molar-refractivity contribution is -0.148. The Morgan fingerprint density at radius 2 is 1.90 bits per heavy atom.